The van der Waals surface area contributed by atoms with Crippen LogP contribution in [-0.4, -0.2) is 13.7 Å². The van der Waals surface area contributed by atoms with Gasteiger partial charge >= 0.3 is 0 Å². The summed E-state index contributed by atoms with van der Waals surface area (Å²) in [7, 11) is 1.66. The SMILES string of the molecule is CCc1cccc2c1OCCCC2NOC. The predicted molar refractivity (Wildman–Crippen MR) is 63.4 cm³/mol. The summed E-state index contributed by atoms with van der Waals surface area (Å²) in [5.41, 5.74) is 5.55. The minimum atomic E-state index is 0.244. The minimum Gasteiger partial charge on any atom is -0.493 e. The smallest absolute Gasteiger partial charge is 0.127 e. The van der Waals surface area contributed by atoms with Crippen LogP contribution in [0.25, 0.3) is 0 Å². The van der Waals surface area contributed by atoms with Crippen LogP contribution >= 0.6 is 0 Å². The summed E-state index contributed by atoms with van der Waals surface area (Å²) in [6.07, 6.45) is 3.11. The van der Waals surface area contributed by atoms with Gasteiger partial charge in [-0.05, 0) is 24.8 Å². The first-order valence-electron chi connectivity index (χ1n) is 5.90. The van der Waals surface area contributed by atoms with E-state index < -0.39 is 0 Å². The van der Waals surface area contributed by atoms with E-state index in [-0.39, 0.29) is 6.04 Å². The van der Waals surface area contributed by atoms with E-state index in [9.17, 15) is 0 Å². The lowest BCUT2D eigenvalue weighted by Crippen LogP contribution is -2.19. The largest absolute Gasteiger partial charge is 0.493 e. The van der Waals surface area contributed by atoms with Gasteiger partial charge in [0.1, 0.15) is 5.75 Å². The molecule has 1 aromatic carbocycles. The molecule has 1 aliphatic rings. The van der Waals surface area contributed by atoms with Crippen molar-refractivity contribution < 1.29 is 9.57 Å². The zero-order valence-corrected chi connectivity index (χ0v) is 9.95. The van der Waals surface area contributed by atoms with Gasteiger partial charge in [-0.1, -0.05) is 25.1 Å². The first-order valence-corrected chi connectivity index (χ1v) is 5.90. The lowest BCUT2D eigenvalue weighted by Gasteiger charge is -2.18. The first kappa shape index (κ1) is 11.4. The second kappa shape index (κ2) is 5.32. The van der Waals surface area contributed by atoms with Gasteiger partial charge in [0.05, 0.1) is 19.8 Å². The quantitative estimate of drug-likeness (QED) is 0.796. The number of para-hydroxylation sites is 1. The molecule has 0 saturated carbocycles. The molecule has 2 rings (SSSR count). The molecular weight excluding hydrogens is 202 g/mol. The standard InChI is InChI=1S/C13H19NO2/c1-3-10-6-4-7-11-12(14-15-2)8-5-9-16-13(10)11/h4,6-7,12,14H,3,5,8-9H2,1-2H3. The summed E-state index contributed by atoms with van der Waals surface area (Å²) in [5, 5.41) is 0. The second-order valence-electron chi connectivity index (χ2n) is 4.05. The van der Waals surface area contributed by atoms with Gasteiger partial charge in [0, 0.05) is 5.56 Å². The van der Waals surface area contributed by atoms with Gasteiger partial charge in [-0.25, -0.2) is 0 Å². The van der Waals surface area contributed by atoms with E-state index in [4.69, 9.17) is 9.57 Å². The molecule has 1 atom stereocenters. The molecule has 0 fully saturated rings. The summed E-state index contributed by atoms with van der Waals surface area (Å²) in [5.74, 6) is 1.05. The normalized spacial score (nSPS) is 19.8. The highest BCUT2D eigenvalue weighted by molar-refractivity contribution is 5.43. The van der Waals surface area contributed by atoms with E-state index in [1.54, 1.807) is 7.11 Å². The number of ether oxygens (including phenoxy) is 1. The number of fused-ring (bicyclic) bond motifs is 1. The van der Waals surface area contributed by atoms with Crippen LogP contribution in [0.5, 0.6) is 5.75 Å². The first-order chi connectivity index (χ1) is 7.86. The lowest BCUT2D eigenvalue weighted by atomic mass is 9.99. The summed E-state index contributed by atoms with van der Waals surface area (Å²) >= 11 is 0. The maximum absolute atomic E-state index is 5.85. The highest BCUT2D eigenvalue weighted by Crippen LogP contribution is 2.34. The van der Waals surface area contributed by atoms with Crippen molar-refractivity contribution in [1.82, 2.24) is 5.48 Å². The number of rotatable bonds is 3. The Balaban J connectivity index is 2.37. The van der Waals surface area contributed by atoms with Crippen molar-refractivity contribution in [3.8, 4) is 5.75 Å². The van der Waals surface area contributed by atoms with Gasteiger partial charge in [0.2, 0.25) is 0 Å². The van der Waals surface area contributed by atoms with Crippen molar-refractivity contribution in [2.45, 2.75) is 32.2 Å². The summed E-state index contributed by atoms with van der Waals surface area (Å²) in [4.78, 5) is 5.06. The van der Waals surface area contributed by atoms with E-state index in [0.29, 0.717) is 0 Å². The van der Waals surface area contributed by atoms with Crippen LogP contribution in [0.15, 0.2) is 18.2 Å². The molecule has 16 heavy (non-hydrogen) atoms. The highest BCUT2D eigenvalue weighted by Gasteiger charge is 2.21. The van der Waals surface area contributed by atoms with Crippen molar-refractivity contribution in [1.29, 1.82) is 0 Å². The number of benzene rings is 1. The Hall–Kier alpha value is -1.06. The average Bonchev–Trinajstić information content (AvgIpc) is 2.52. The minimum absolute atomic E-state index is 0.244. The van der Waals surface area contributed by atoms with Crippen LogP contribution in [0.4, 0.5) is 0 Å². The van der Waals surface area contributed by atoms with E-state index in [0.717, 1.165) is 31.6 Å². The summed E-state index contributed by atoms with van der Waals surface area (Å²) in [6.45, 7) is 2.95. The van der Waals surface area contributed by atoms with Gasteiger partial charge < -0.3 is 9.57 Å². The monoisotopic (exact) mass is 221 g/mol. The maximum atomic E-state index is 5.85. The molecule has 1 aromatic rings. The Morgan fingerprint density at radius 1 is 1.50 bits per heavy atom. The zero-order chi connectivity index (χ0) is 11.4. The topological polar surface area (TPSA) is 30.5 Å². The van der Waals surface area contributed by atoms with E-state index >= 15 is 0 Å². The Morgan fingerprint density at radius 3 is 3.12 bits per heavy atom. The fourth-order valence-electron chi connectivity index (χ4n) is 2.22. The molecule has 0 saturated heterocycles. The number of nitrogens with one attached hydrogen (secondary N) is 1. The van der Waals surface area contributed by atoms with Crippen molar-refractivity contribution in [2.75, 3.05) is 13.7 Å². The third kappa shape index (κ3) is 2.20. The Kier molecular flexibility index (Phi) is 3.80. The zero-order valence-electron chi connectivity index (χ0n) is 9.95. The van der Waals surface area contributed by atoms with Crippen LogP contribution in [0, 0.1) is 0 Å². The van der Waals surface area contributed by atoms with Crippen molar-refractivity contribution >= 4 is 0 Å². The van der Waals surface area contributed by atoms with Crippen molar-refractivity contribution in [3.63, 3.8) is 0 Å². The third-order valence-electron chi connectivity index (χ3n) is 3.03. The van der Waals surface area contributed by atoms with Gasteiger partial charge in [-0.15, -0.1) is 0 Å². The van der Waals surface area contributed by atoms with Gasteiger partial charge in [-0.3, -0.25) is 0 Å². The molecule has 1 heterocycles. The molecule has 1 unspecified atom stereocenters. The van der Waals surface area contributed by atoms with E-state index in [2.05, 4.69) is 30.6 Å². The molecular formula is C13H19NO2. The van der Waals surface area contributed by atoms with Gasteiger partial charge in [0.15, 0.2) is 0 Å². The average molecular weight is 221 g/mol. The molecule has 0 spiro atoms. The van der Waals surface area contributed by atoms with E-state index in [1.165, 1.54) is 11.1 Å². The third-order valence-corrected chi connectivity index (χ3v) is 3.03. The molecule has 0 aromatic heterocycles. The van der Waals surface area contributed by atoms with Crippen molar-refractivity contribution in [3.05, 3.63) is 29.3 Å². The molecule has 1 N–H and O–H groups in total. The van der Waals surface area contributed by atoms with Crippen LogP contribution in [-0.2, 0) is 11.3 Å². The molecule has 88 valence electrons. The van der Waals surface area contributed by atoms with Gasteiger partial charge in [0.25, 0.3) is 0 Å². The van der Waals surface area contributed by atoms with Crippen LogP contribution in [0.2, 0.25) is 0 Å². The number of hydrogen-bond donors (Lipinski definition) is 1. The molecule has 1 aliphatic heterocycles. The number of aryl methyl sites for hydroxylation is 1. The fourth-order valence-corrected chi connectivity index (χ4v) is 2.22. The van der Waals surface area contributed by atoms with Gasteiger partial charge in [-0.2, -0.15) is 5.48 Å². The highest BCUT2D eigenvalue weighted by atomic mass is 16.6. The molecule has 3 heteroatoms. The van der Waals surface area contributed by atoms with E-state index in [1.807, 2.05) is 0 Å². The lowest BCUT2D eigenvalue weighted by molar-refractivity contribution is 0.0579. The maximum Gasteiger partial charge on any atom is 0.127 e. The second-order valence-corrected chi connectivity index (χ2v) is 4.05. The van der Waals surface area contributed by atoms with Crippen molar-refractivity contribution in [2.24, 2.45) is 0 Å². The Bertz CT molecular complexity index is 352. The van der Waals surface area contributed by atoms with Crippen LogP contribution in [0.3, 0.4) is 0 Å². The number of hydroxylamine groups is 1. The molecule has 0 radical (unpaired) electrons. The predicted octanol–water partition coefficient (Wildman–Crippen LogP) is 2.61. The van der Waals surface area contributed by atoms with Crippen LogP contribution < -0.4 is 10.2 Å². The Labute approximate surface area is 96.7 Å². The Morgan fingerprint density at radius 2 is 2.38 bits per heavy atom. The molecule has 0 bridgehead atoms. The summed E-state index contributed by atoms with van der Waals surface area (Å²) in [6, 6.07) is 6.59. The molecule has 0 amide bonds. The number of hydrogen-bond acceptors (Lipinski definition) is 3. The molecule has 3 nitrogen and oxygen atoms in total. The van der Waals surface area contributed by atoms with Crippen LogP contribution in [0.1, 0.15) is 36.9 Å². The molecule has 0 aliphatic carbocycles. The summed E-state index contributed by atoms with van der Waals surface area (Å²) < 4.78 is 5.85. The fraction of sp³-hybridized carbons (Fsp3) is 0.538.